The van der Waals surface area contributed by atoms with E-state index in [-0.39, 0.29) is 23.1 Å². The molecule has 0 bridgehead atoms. The fourth-order valence-electron chi connectivity index (χ4n) is 1.91. The second-order valence-electron chi connectivity index (χ2n) is 5.23. The Kier molecular flexibility index (Phi) is 5.52. The lowest BCUT2D eigenvalue weighted by molar-refractivity contribution is 0.433. The van der Waals surface area contributed by atoms with Gasteiger partial charge in [0.05, 0.1) is 5.69 Å². The Labute approximate surface area is 145 Å². The van der Waals surface area contributed by atoms with Crippen LogP contribution in [0.5, 0.6) is 11.5 Å². The summed E-state index contributed by atoms with van der Waals surface area (Å²) in [5, 5.41) is 34.7. The minimum Gasteiger partial charge on any atom is -0.508 e. The van der Waals surface area contributed by atoms with E-state index in [1.807, 2.05) is 0 Å². The van der Waals surface area contributed by atoms with E-state index in [0.29, 0.717) is 22.9 Å². The highest BCUT2D eigenvalue weighted by molar-refractivity contribution is 5.76. The molecule has 0 spiro atoms. The molecule has 130 valence electrons. The molecular formula is C18H20N4O3. The molecule has 2 rings (SSSR count). The fraction of sp³-hybridized carbons (Fsp3) is 0.0556. The van der Waals surface area contributed by atoms with E-state index in [9.17, 15) is 15.3 Å². The Balaban J connectivity index is 2.31. The summed E-state index contributed by atoms with van der Waals surface area (Å²) in [4.78, 5) is 4.13. The first-order valence-electron chi connectivity index (χ1n) is 7.41. The SMILES string of the molecule is C=C/C(O)=C\C=C(/C)Nc1nc(N)c(O)cc1Nc1ccc(O)cc1. The van der Waals surface area contributed by atoms with Crippen molar-refractivity contribution < 1.29 is 15.3 Å². The number of pyridine rings is 1. The van der Waals surface area contributed by atoms with E-state index in [4.69, 9.17) is 5.73 Å². The molecule has 0 aliphatic heterocycles. The third-order valence-electron chi connectivity index (χ3n) is 3.21. The number of nitrogens with two attached hydrogens (primary N) is 1. The van der Waals surface area contributed by atoms with E-state index < -0.39 is 0 Å². The molecule has 2 aromatic rings. The van der Waals surface area contributed by atoms with Crippen LogP contribution in [0.1, 0.15) is 6.92 Å². The Morgan fingerprint density at radius 1 is 1.20 bits per heavy atom. The summed E-state index contributed by atoms with van der Waals surface area (Å²) in [6.07, 6.45) is 4.44. The van der Waals surface area contributed by atoms with Crippen molar-refractivity contribution >= 4 is 23.0 Å². The van der Waals surface area contributed by atoms with E-state index in [1.54, 1.807) is 25.1 Å². The molecular weight excluding hydrogens is 320 g/mol. The highest BCUT2D eigenvalue weighted by Crippen LogP contribution is 2.32. The van der Waals surface area contributed by atoms with Crippen molar-refractivity contribution in [3.63, 3.8) is 0 Å². The van der Waals surface area contributed by atoms with Gasteiger partial charge in [-0.25, -0.2) is 4.98 Å². The van der Waals surface area contributed by atoms with Crippen molar-refractivity contribution in [3.8, 4) is 11.5 Å². The van der Waals surface area contributed by atoms with Gasteiger partial charge in [0.15, 0.2) is 17.4 Å². The quantitative estimate of drug-likeness (QED) is 0.269. The number of aromatic hydroxyl groups is 2. The van der Waals surface area contributed by atoms with Gasteiger partial charge >= 0.3 is 0 Å². The van der Waals surface area contributed by atoms with Gasteiger partial charge in [0.25, 0.3) is 0 Å². The smallest absolute Gasteiger partial charge is 0.168 e. The van der Waals surface area contributed by atoms with Crippen molar-refractivity contribution in [2.24, 2.45) is 0 Å². The third-order valence-corrected chi connectivity index (χ3v) is 3.21. The largest absolute Gasteiger partial charge is 0.508 e. The van der Waals surface area contributed by atoms with Crippen LogP contribution in [0.25, 0.3) is 0 Å². The van der Waals surface area contributed by atoms with Crippen LogP contribution in [-0.4, -0.2) is 20.3 Å². The zero-order chi connectivity index (χ0) is 18.4. The van der Waals surface area contributed by atoms with Gasteiger partial charge in [0.1, 0.15) is 11.5 Å². The number of benzene rings is 1. The molecule has 0 aliphatic carbocycles. The Morgan fingerprint density at radius 2 is 1.88 bits per heavy atom. The first kappa shape index (κ1) is 17.7. The lowest BCUT2D eigenvalue weighted by atomic mass is 10.2. The van der Waals surface area contributed by atoms with Gasteiger partial charge in [-0.3, -0.25) is 0 Å². The average Bonchev–Trinajstić information content (AvgIpc) is 2.59. The van der Waals surface area contributed by atoms with Crippen LogP contribution in [0, 0.1) is 0 Å². The molecule has 7 nitrogen and oxygen atoms in total. The number of allylic oxidation sites excluding steroid dienone is 4. The molecule has 1 aromatic carbocycles. The number of nitrogen functional groups attached to an aromatic ring is 1. The van der Waals surface area contributed by atoms with Crippen molar-refractivity contribution in [2.45, 2.75) is 6.92 Å². The topological polar surface area (TPSA) is 124 Å². The molecule has 0 saturated carbocycles. The summed E-state index contributed by atoms with van der Waals surface area (Å²) in [6.45, 7) is 5.24. The van der Waals surface area contributed by atoms with Gasteiger partial charge in [0.2, 0.25) is 0 Å². The Morgan fingerprint density at radius 3 is 2.52 bits per heavy atom. The molecule has 0 aliphatic rings. The molecule has 0 atom stereocenters. The summed E-state index contributed by atoms with van der Waals surface area (Å²) in [5.41, 5.74) is 7.54. The standard InChI is InChI=1S/C18H20N4O3/c1-3-13(23)7-4-11(2)20-18-15(10-16(25)17(19)22-18)21-12-5-8-14(24)9-6-12/h3-10,21,23-25H,1H2,2H3,(H3,19,20,22)/b11-4+,13-7+. The number of rotatable bonds is 6. The van der Waals surface area contributed by atoms with Crippen molar-refractivity contribution in [2.75, 3.05) is 16.4 Å². The van der Waals surface area contributed by atoms with Crippen LogP contribution in [0.4, 0.5) is 23.0 Å². The van der Waals surface area contributed by atoms with Gasteiger partial charge in [-0.2, -0.15) is 0 Å². The zero-order valence-corrected chi connectivity index (χ0v) is 13.7. The molecule has 0 unspecified atom stereocenters. The predicted octanol–water partition coefficient (Wildman–Crippen LogP) is 3.76. The van der Waals surface area contributed by atoms with Crippen LogP contribution < -0.4 is 16.4 Å². The van der Waals surface area contributed by atoms with Crippen LogP contribution in [0.15, 0.2) is 66.6 Å². The molecule has 7 N–H and O–H groups in total. The number of hydrogen-bond donors (Lipinski definition) is 6. The number of phenolic OH excluding ortho intramolecular Hbond substituents is 1. The second kappa shape index (κ2) is 7.78. The van der Waals surface area contributed by atoms with Crippen molar-refractivity contribution in [1.82, 2.24) is 4.98 Å². The molecule has 7 heteroatoms. The van der Waals surface area contributed by atoms with E-state index in [0.717, 1.165) is 0 Å². The Hall–Kier alpha value is -3.61. The monoisotopic (exact) mass is 340 g/mol. The van der Waals surface area contributed by atoms with Crippen LogP contribution in [0.2, 0.25) is 0 Å². The lowest BCUT2D eigenvalue weighted by Gasteiger charge is -2.15. The molecule has 1 aromatic heterocycles. The maximum Gasteiger partial charge on any atom is 0.168 e. The number of phenols is 1. The van der Waals surface area contributed by atoms with Crippen molar-refractivity contribution in [1.29, 1.82) is 0 Å². The van der Waals surface area contributed by atoms with Crippen molar-refractivity contribution in [3.05, 3.63) is 66.6 Å². The molecule has 1 heterocycles. The highest BCUT2D eigenvalue weighted by Gasteiger charge is 2.10. The summed E-state index contributed by atoms with van der Waals surface area (Å²) in [7, 11) is 0. The average molecular weight is 340 g/mol. The normalized spacial score (nSPS) is 11.9. The number of nitrogens with one attached hydrogen (secondary N) is 2. The van der Waals surface area contributed by atoms with Crippen LogP contribution in [-0.2, 0) is 0 Å². The maximum absolute atomic E-state index is 9.83. The number of aliphatic hydroxyl groups excluding tert-OH is 1. The van der Waals surface area contributed by atoms with E-state index >= 15 is 0 Å². The highest BCUT2D eigenvalue weighted by atomic mass is 16.3. The molecule has 0 radical (unpaired) electrons. The summed E-state index contributed by atoms with van der Waals surface area (Å²) < 4.78 is 0. The minimum absolute atomic E-state index is 0.0176. The zero-order valence-electron chi connectivity index (χ0n) is 13.7. The van der Waals surface area contributed by atoms with E-state index in [1.165, 1.54) is 30.4 Å². The Bertz CT molecular complexity index is 827. The van der Waals surface area contributed by atoms with E-state index in [2.05, 4.69) is 22.2 Å². The first-order valence-corrected chi connectivity index (χ1v) is 7.41. The van der Waals surface area contributed by atoms with Gasteiger partial charge in [-0.15, -0.1) is 0 Å². The number of hydrogen-bond acceptors (Lipinski definition) is 7. The lowest BCUT2D eigenvalue weighted by Crippen LogP contribution is -2.05. The van der Waals surface area contributed by atoms with Crippen LogP contribution in [0.3, 0.4) is 0 Å². The maximum atomic E-state index is 9.83. The second-order valence-corrected chi connectivity index (χ2v) is 5.23. The molecule has 0 amide bonds. The van der Waals surface area contributed by atoms with Gasteiger partial charge in [-0.05, 0) is 49.4 Å². The van der Waals surface area contributed by atoms with Gasteiger partial charge < -0.3 is 31.7 Å². The number of anilines is 4. The fourth-order valence-corrected chi connectivity index (χ4v) is 1.91. The summed E-state index contributed by atoms with van der Waals surface area (Å²) in [6, 6.07) is 7.88. The first-order chi connectivity index (χ1) is 11.9. The number of nitrogens with zero attached hydrogens (tertiary/aromatic N) is 1. The minimum atomic E-state index is -0.155. The third kappa shape index (κ3) is 4.93. The van der Waals surface area contributed by atoms with Gasteiger partial charge in [-0.1, -0.05) is 6.58 Å². The number of aromatic nitrogens is 1. The molecule has 0 saturated heterocycles. The predicted molar refractivity (Wildman–Crippen MR) is 100.0 cm³/mol. The van der Waals surface area contributed by atoms with Gasteiger partial charge in [0, 0.05) is 17.5 Å². The molecule has 0 fully saturated rings. The summed E-state index contributed by atoms with van der Waals surface area (Å²) >= 11 is 0. The van der Waals surface area contributed by atoms with Crippen LogP contribution >= 0.6 is 0 Å². The molecule has 25 heavy (non-hydrogen) atoms. The summed E-state index contributed by atoms with van der Waals surface area (Å²) in [5.74, 6) is 0.397. The number of aliphatic hydroxyl groups is 1.